The summed E-state index contributed by atoms with van der Waals surface area (Å²) in [5.74, 6) is -0.445. The van der Waals surface area contributed by atoms with Gasteiger partial charge in [-0.05, 0) is 6.07 Å². The summed E-state index contributed by atoms with van der Waals surface area (Å²) in [6.45, 7) is 0. The summed E-state index contributed by atoms with van der Waals surface area (Å²) >= 11 is 5.53. The fraction of sp³-hybridized carbons (Fsp3) is 0. The molecule has 0 bridgehead atoms. The molecular formula is C7H4ClFN4. The van der Waals surface area contributed by atoms with Crippen molar-refractivity contribution in [2.75, 3.05) is 0 Å². The zero-order valence-electron chi connectivity index (χ0n) is 6.35. The Morgan fingerprint density at radius 3 is 2.92 bits per heavy atom. The molecule has 13 heavy (non-hydrogen) atoms. The average molecular weight is 199 g/mol. The van der Waals surface area contributed by atoms with Gasteiger partial charge in [-0.15, -0.1) is 0 Å². The van der Waals surface area contributed by atoms with Gasteiger partial charge in [0.25, 0.3) is 0 Å². The van der Waals surface area contributed by atoms with Crippen molar-refractivity contribution in [1.82, 2.24) is 19.7 Å². The smallest absolute Gasteiger partial charge is 0.191 e. The van der Waals surface area contributed by atoms with Gasteiger partial charge in [0.1, 0.15) is 12.7 Å². The second-order valence-corrected chi connectivity index (χ2v) is 2.74. The van der Waals surface area contributed by atoms with Crippen LogP contribution in [0.3, 0.4) is 0 Å². The molecule has 0 aliphatic rings. The van der Waals surface area contributed by atoms with Gasteiger partial charge in [0.2, 0.25) is 0 Å². The van der Waals surface area contributed by atoms with Gasteiger partial charge in [-0.25, -0.2) is 14.4 Å². The van der Waals surface area contributed by atoms with Crippen LogP contribution in [-0.2, 0) is 0 Å². The molecule has 0 saturated heterocycles. The molecule has 2 aromatic rings. The Bertz CT molecular complexity index is 414. The van der Waals surface area contributed by atoms with Crippen LogP contribution in [0, 0.1) is 5.82 Å². The number of nitrogens with zero attached hydrogens (tertiary/aromatic N) is 4. The summed E-state index contributed by atoms with van der Waals surface area (Å²) in [6.07, 6.45) is 4.01. The predicted molar refractivity (Wildman–Crippen MR) is 44.1 cm³/mol. The molecule has 0 aromatic carbocycles. The molecular weight excluding hydrogens is 195 g/mol. The van der Waals surface area contributed by atoms with E-state index in [1.54, 1.807) is 0 Å². The van der Waals surface area contributed by atoms with Gasteiger partial charge in [-0.2, -0.15) is 9.78 Å². The van der Waals surface area contributed by atoms with Gasteiger partial charge < -0.3 is 0 Å². The van der Waals surface area contributed by atoms with E-state index < -0.39 is 5.82 Å². The van der Waals surface area contributed by atoms with Crippen LogP contribution in [0.4, 0.5) is 4.39 Å². The lowest BCUT2D eigenvalue weighted by molar-refractivity contribution is 0.600. The molecule has 0 atom stereocenters. The SMILES string of the molecule is Fc1cc(Cl)cnc1-n1cncn1. The van der Waals surface area contributed by atoms with E-state index >= 15 is 0 Å². The van der Waals surface area contributed by atoms with Gasteiger partial charge >= 0.3 is 0 Å². The topological polar surface area (TPSA) is 43.6 Å². The predicted octanol–water partition coefficient (Wildman–Crippen LogP) is 1.45. The monoisotopic (exact) mass is 198 g/mol. The van der Waals surface area contributed by atoms with Crippen LogP contribution in [0.2, 0.25) is 5.02 Å². The third-order valence-electron chi connectivity index (χ3n) is 1.42. The Morgan fingerprint density at radius 2 is 2.31 bits per heavy atom. The first kappa shape index (κ1) is 8.12. The van der Waals surface area contributed by atoms with Crippen LogP contribution in [0.25, 0.3) is 5.82 Å². The van der Waals surface area contributed by atoms with Gasteiger partial charge in [0.05, 0.1) is 5.02 Å². The molecule has 0 N–H and O–H groups in total. The van der Waals surface area contributed by atoms with Crippen molar-refractivity contribution in [3.63, 3.8) is 0 Å². The van der Waals surface area contributed by atoms with Crippen LogP contribution < -0.4 is 0 Å². The van der Waals surface area contributed by atoms with Crippen LogP contribution >= 0.6 is 11.6 Å². The molecule has 2 rings (SSSR count). The van der Waals surface area contributed by atoms with E-state index in [2.05, 4.69) is 15.1 Å². The first-order valence-electron chi connectivity index (χ1n) is 3.43. The Kier molecular flexibility index (Phi) is 1.94. The number of aromatic nitrogens is 4. The summed E-state index contributed by atoms with van der Waals surface area (Å²) in [6, 6.07) is 1.17. The molecule has 4 nitrogen and oxygen atoms in total. The van der Waals surface area contributed by atoms with Crippen LogP contribution in [0.15, 0.2) is 24.9 Å². The fourth-order valence-electron chi connectivity index (χ4n) is 0.894. The fourth-order valence-corrected chi connectivity index (χ4v) is 1.04. The van der Waals surface area contributed by atoms with Crippen molar-refractivity contribution in [3.8, 4) is 5.82 Å². The first-order valence-corrected chi connectivity index (χ1v) is 3.81. The van der Waals surface area contributed by atoms with Crippen molar-refractivity contribution in [1.29, 1.82) is 0 Å². The highest BCUT2D eigenvalue weighted by Gasteiger charge is 2.06. The maximum Gasteiger partial charge on any atom is 0.191 e. The molecule has 0 radical (unpaired) electrons. The van der Waals surface area contributed by atoms with Crippen molar-refractivity contribution >= 4 is 11.6 Å². The number of rotatable bonds is 1. The maximum absolute atomic E-state index is 13.2. The minimum Gasteiger partial charge on any atom is -0.233 e. The lowest BCUT2D eigenvalue weighted by atomic mass is 10.4. The van der Waals surface area contributed by atoms with Gasteiger partial charge in [0, 0.05) is 6.20 Å². The summed E-state index contributed by atoms with van der Waals surface area (Å²) in [4.78, 5) is 7.45. The highest BCUT2D eigenvalue weighted by Crippen LogP contribution is 2.13. The second kappa shape index (κ2) is 3.10. The van der Waals surface area contributed by atoms with Gasteiger partial charge in [0.15, 0.2) is 11.6 Å². The number of hydrogen-bond donors (Lipinski definition) is 0. The molecule has 0 amide bonds. The molecule has 0 spiro atoms. The first-order chi connectivity index (χ1) is 6.27. The van der Waals surface area contributed by atoms with E-state index in [9.17, 15) is 4.39 Å². The summed E-state index contributed by atoms with van der Waals surface area (Å²) < 4.78 is 14.4. The van der Waals surface area contributed by atoms with Gasteiger partial charge in [-0.3, -0.25) is 0 Å². The van der Waals surface area contributed by atoms with Gasteiger partial charge in [-0.1, -0.05) is 11.6 Å². The molecule has 0 unspecified atom stereocenters. The summed E-state index contributed by atoms with van der Waals surface area (Å²) in [5.41, 5.74) is 0. The van der Waals surface area contributed by atoms with Crippen LogP contribution in [-0.4, -0.2) is 19.7 Å². The second-order valence-electron chi connectivity index (χ2n) is 2.30. The van der Waals surface area contributed by atoms with E-state index in [-0.39, 0.29) is 10.8 Å². The Morgan fingerprint density at radius 1 is 1.46 bits per heavy atom. The zero-order chi connectivity index (χ0) is 9.26. The lowest BCUT2D eigenvalue weighted by Gasteiger charge is -1.99. The lowest BCUT2D eigenvalue weighted by Crippen LogP contribution is -2.00. The maximum atomic E-state index is 13.2. The number of pyridine rings is 1. The highest BCUT2D eigenvalue weighted by atomic mass is 35.5. The Balaban J connectivity index is 2.53. The van der Waals surface area contributed by atoms with Crippen LogP contribution in [0.1, 0.15) is 0 Å². The van der Waals surface area contributed by atoms with Crippen molar-refractivity contribution in [3.05, 3.63) is 35.8 Å². The minimum atomic E-state index is -0.530. The number of hydrogen-bond acceptors (Lipinski definition) is 3. The minimum absolute atomic E-state index is 0.0851. The zero-order valence-corrected chi connectivity index (χ0v) is 7.11. The Hall–Kier alpha value is -1.49. The molecule has 0 aliphatic carbocycles. The normalized spacial score (nSPS) is 10.3. The van der Waals surface area contributed by atoms with Crippen molar-refractivity contribution in [2.24, 2.45) is 0 Å². The largest absolute Gasteiger partial charge is 0.233 e. The van der Waals surface area contributed by atoms with Crippen molar-refractivity contribution < 1.29 is 4.39 Å². The third-order valence-corrected chi connectivity index (χ3v) is 1.63. The summed E-state index contributed by atoms with van der Waals surface area (Å²) in [7, 11) is 0. The molecule has 66 valence electrons. The third kappa shape index (κ3) is 1.50. The average Bonchev–Trinajstić information content (AvgIpc) is 2.56. The quantitative estimate of drug-likeness (QED) is 0.697. The van der Waals surface area contributed by atoms with E-state index in [0.717, 1.165) is 0 Å². The molecule has 6 heteroatoms. The standard InChI is InChI=1S/C7H4ClFN4/c8-5-1-6(9)7(11-2-5)13-4-10-3-12-13/h1-4H. The molecule has 0 fully saturated rings. The Labute approximate surface area is 78.0 Å². The molecule has 2 heterocycles. The van der Waals surface area contributed by atoms with E-state index in [4.69, 9.17) is 11.6 Å². The number of halogens is 2. The van der Waals surface area contributed by atoms with Crippen LogP contribution in [0.5, 0.6) is 0 Å². The van der Waals surface area contributed by atoms with E-state index in [1.807, 2.05) is 0 Å². The molecule has 0 saturated carbocycles. The summed E-state index contributed by atoms with van der Waals surface area (Å²) in [5, 5.41) is 3.99. The highest BCUT2D eigenvalue weighted by molar-refractivity contribution is 6.30. The van der Waals surface area contributed by atoms with E-state index in [1.165, 1.54) is 29.6 Å². The molecule has 2 aromatic heterocycles. The van der Waals surface area contributed by atoms with E-state index in [0.29, 0.717) is 0 Å². The van der Waals surface area contributed by atoms with Crippen molar-refractivity contribution in [2.45, 2.75) is 0 Å². The molecule has 0 aliphatic heterocycles.